The minimum atomic E-state index is -0.467. The van der Waals surface area contributed by atoms with Crippen LogP contribution < -0.4 is 10.6 Å². The summed E-state index contributed by atoms with van der Waals surface area (Å²) >= 11 is 3.15. The molecule has 2 rings (SSSR count). The van der Waals surface area contributed by atoms with Crippen LogP contribution in [0, 0.1) is 11.7 Å². The van der Waals surface area contributed by atoms with Crippen molar-refractivity contribution >= 4 is 27.7 Å². The molecule has 6 heteroatoms. The summed E-state index contributed by atoms with van der Waals surface area (Å²) in [5.74, 6) is 0.277. The van der Waals surface area contributed by atoms with Crippen LogP contribution in [-0.2, 0) is 4.74 Å². The number of rotatable bonds is 4. The van der Waals surface area contributed by atoms with E-state index in [9.17, 15) is 9.18 Å². The van der Waals surface area contributed by atoms with Gasteiger partial charge in [0.05, 0.1) is 4.47 Å². The molecule has 0 heterocycles. The van der Waals surface area contributed by atoms with E-state index in [1.54, 1.807) is 6.07 Å². The second-order valence-electron chi connectivity index (χ2n) is 7.37. The van der Waals surface area contributed by atoms with Crippen molar-refractivity contribution in [3.63, 3.8) is 0 Å². The van der Waals surface area contributed by atoms with Gasteiger partial charge in [0.2, 0.25) is 0 Å². The van der Waals surface area contributed by atoms with Crippen molar-refractivity contribution < 1.29 is 13.9 Å². The van der Waals surface area contributed by atoms with E-state index < -0.39 is 5.60 Å². The number of carbonyl (C=O) groups is 1. The molecule has 24 heavy (non-hydrogen) atoms. The lowest BCUT2D eigenvalue weighted by Crippen LogP contribution is -2.41. The molecular weight excluding hydrogens is 375 g/mol. The zero-order valence-electron chi connectivity index (χ0n) is 14.5. The molecular formula is C18H26BrFN2O2. The first-order valence-electron chi connectivity index (χ1n) is 8.41. The zero-order chi connectivity index (χ0) is 17.7. The Balaban J connectivity index is 1.71. The summed E-state index contributed by atoms with van der Waals surface area (Å²) in [7, 11) is 0. The number of carbonyl (C=O) groups excluding carboxylic acids is 1. The van der Waals surface area contributed by atoms with Gasteiger partial charge in [-0.1, -0.05) is 0 Å². The van der Waals surface area contributed by atoms with E-state index >= 15 is 0 Å². The largest absolute Gasteiger partial charge is 0.444 e. The molecule has 0 aromatic heterocycles. The van der Waals surface area contributed by atoms with Crippen LogP contribution >= 0.6 is 15.9 Å². The van der Waals surface area contributed by atoms with Crippen LogP contribution in [0.5, 0.6) is 0 Å². The summed E-state index contributed by atoms with van der Waals surface area (Å²) in [6.07, 6.45) is 3.62. The van der Waals surface area contributed by atoms with Crippen molar-refractivity contribution in [1.82, 2.24) is 5.32 Å². The van der Waals surface area contributed by atoms with Gasteiger partial charge >= 0.3 is 6.09 Å². The quantitative estimate of drug-likeness (QED) is 0.740. The van der Waals surface area contributed by atoms with Gasteiger partial charge in [0.15, 0.2) is 0 Å². The minimum absolute atomic E-state index is 0.182. The van der Waals surface area contributed by atoms with Gasteiger partial charge in [0, 0.05) is 18.3 Å². The van der Waals surface area contributed by atoms with Crippen LogP contribution in [0.25, 0.3) is 0 Å². The molecule has 134 valence electrons. The van der Waals surface area contributed by atoms with Gasteiger partial charge in [-0.3, -0.25) is 0 Å². The molecule has 2 N–H and O–H groups in total. The Morgan fingerprint density at radius 1 is 1.29 bits per heavy atom. The number of nitrogens with one attached hydrogen (secondary N) is 2. The SMILES string of the molecule is CC(C)(C)OC(=O)N[C@H]1CC[C@H](CNc2ccc(Br)c(F)c2)CC1. The lowest BCUT2D eigenvalue weighted by Gasteiger charge is -2.30. The van der Waals surface area contributed by atoms with Crippen LogP contribution in [0.2, 0.25) is 0 Å². The fourth-order valence-electron chi connectivity index (χ4n) is 2.85. The normalized spacial score (nSPS) is 21.2. The lowest BCUT2D eigenvalue weighted by molar-refractivity contribution is 0.0488. The van der Waals surface area contributed by atoms with E-state index in [0.29, 0.717) is 10.4 Å². The maximum atomic E-state index is 13.5. The Hall–Kier alpha value is -1.30. The fourth-order valence-corrected chi connectivity index (χ4v) is 3.10. The maximum absolute atomic E-state index is 13.5. The van der Waals surface area contributed by atoms with Crippen LogP contribution in [-0.4, -0.2) is 24.3 Å². The molecule has 1 saturated carbocycles. The molecule has 1 amide bonds. The third-order valence-corrected chi connectivity index (χ3v) is 4.73. The van der Waals surface area contributed by atoms with E-state index in [1.807, 2.05) is 26.8 Å². The summed E-state index contributed by atoms with van der Waals surface area (Å²) in [6.45, 7) is 6.40. The highest BCUT2D eigenvalue weighted by Crippen LogP contribution is 2.26. The Labute approximate surface area is 151 Å². The highest BCUT2D eigenvalue weighted by atomic mass is 79.9. The van der Waals surface area contributed by atoms with E-state index in [2.05, 4.69) is 26.6 Å². The second kappa shape index (κ2) is 8.19. The molecule has 0 atom stereocenters. The molecule has 1 fully saturated rings. The molecule has 0 bridgehead atoms. The summed E-state index contributed by atoms with van der Waals surface area (Å²) in [5, 5.41) is 6.24. The molecule has 0 aliphatic heterocycles. The lowest BCUT2D eigenvalue weighted by atomic mass is 9.86. The Morgan fingerprint density at radius 2 is 1.96 bits per heavy atom. The number of halogens is 2. The first-order valence-corrected chi connectivity index (χ1v) is 9.20. The predicted octanol–water partition coefficient (Wildman–Crippen LogP) is 5.08. The van der Waals surface area contributed by atoms with Gasteiger partial charge < -0.3 is 15.4 Å². The summed E-state index contributed by atoms with van der Waals surface area (Å²) in [5.41, 5.74) is 0.329. The molecule has 0 spiro atoms. The number of anilines is 1. The van der Waals surface area contributed by atoms with Gasteiger partial charge in [-0.15, -0.1) is 0 Å². The van der Waals surface area contributed by atoms with Gasteiger partial charge in [0.1, 0.15) is 11.4 Å². The predicted molar refractivity (Wildman–Crippen MR) is 97.7 cm³/mol. The number of hydrogen-bond donors (Lipinski definition) is 2. The van der Waals surface area contributed by atoms with E-state index in [0.717, 1.165) is 37.9 Å². The van der Waals surface area contributed by atoms with Crippen molar-refractivity contribution in [2.24, 2.45) is 5.92 Å². The highest BCUT2D eigenvalue weighted by molar-refractivity contribution is 9.10. The number of hydrogen-bond acceptors (Lipinski definition) is 3. The standard InChI is InChI=1S/C18H26BrFN2O2/c1-18(2,3)24-17(23)22-13-6-4-12(5-7-13)11-21-14-8-9-15(19)16(20)10-14/h8-10,12-13,21H,4-7,11H2,1-3H3,(H,22,23)/t12-,13-. The maximum Gasteiger partial charge on any atom is 0.407 e. The fraction of sp³-hybridized carbons (Fsp3) is 0.611. The number of alkyl carbamates (subject to hydrolysis) is 1. The van der Waals surface area contributed by atoms with E-state index in [1.165, 1.54) is 6.07 Å². The second-order valence-corrected chi connectivity index (χ2v) is 8.23. The summed E-state index contributed by atoms with van der Waals surface area (Å²) in [4.78, 5) is 11.8. The smallest absolute Gasteiger partial charge is 0.407 e. The molecule has 0 radical (unpaired) electrons. The summed E-state index contributed by atoms with van der Waals surface area (Å²) < 4.78 is 19.3. The monoisotopic (exact) mass is 400 g/mol. The van der Waals surface area contributed by atoms with E-state index in [4.69, 9.17) is 4.74 Å². The average molecular weight is 401 g/mol. The molecule has 1 aliphatic rings. The molecule has 1 aliphatic carbocycles. The number of benzene rings is 1. The molecule has 0 saturated heterocycles. The topological polar surface area (TPSA) is 50.4 Å². The van der Waals surface area contributed by atoms with Crippen LogP contribution in [0.3, 0.4) is 0 Å². The first-order chi connectivity index (χ1) is 11.2. The molecule has 4 nitrogen and oxygen atoms in total. The van der Waals surface area contributed by atoms with Crippen molar-refractivity contribution in [2.75, 3.05) is 11.9 Å². The molecule has 0 unspecified atom stereocenters. The van der Waals surface area contributed by atoms with Crippen LogP contribution in [0.4, 0.5) is 14.9 Å². The van der Waals surface area contributed by atoms with Gasteiger partial charge in [-0.25, -0.2) is 9.18 Å². The average Bonchev–Trinajstić information content (AvgIpc) is 2.48. The van der Waals surface area contributed by atoms with Crippen molar-refractivity contribution in [3.8, 4) is 0 Å². The molecule has 1 aromatic rings. The van der Waals surface area contributed by atoms with Gasteiger partial charge in [-0.2, -0.15) is 0 Å². The molecule has 1 aromatic carbocycles. The third kappa shape index (κ3) is 6.30. The van der Waals surface area contributed by atoms with Gasteiger partial charge in [-0.05, 0) is 86.5 Å². The minimum Gasteiger partial charge on any atom is -0.444 e. The summed E-state index contributed by atoms with van der Waals surface area (Å²) in [6, 6.07) is 5.25. The van der Waals surface area contributed by atoms with Crippen molar-refractivity contribution in [1.29, 1.82) is 0 Å². The van der Waals surface area contributed by atoms with Crippen LogP contribution in [0.15, 0.2) is 22.7 Å². The zero-order valence-corrected chi connectivity index (χ0v) is 16.1. The number of amides is 1. The Kier molecular flexibility index (Phi) is 6.49. The number of ether oxygens (including phenoxy) is 1. The van der Waals surface area contributed by atoms with Crippen molar-refractivity contribution in [3.05, 3.63) is 28.5 Å². The van der Waals surface area contributed by atoms with E-state index in [-0.39, 0.29) is 18.0 Å². The van der Waals surface area contributed by atoms with Gasteiger partial charge in [0.25, 0.3) is 0 Å². The highest BCUT2D eigenvalue weighted by Gasteiger charge is 2.24. The Bertz CT molecular complexity index is 567. The van der Waals surface area contributed by atoms with Crippen molar-refractivity contribution in [2.45, 2.75) is 58.1 Å². The first kappa shape index (κ1) is 19.0. The Morgan fingerprint density at radius 3 is 2.54 bits per heavy atom. The third-order valence-electron chi connectivity index (χ3n) is 4.08. The van der Waals surface area contributed by atoms with Crippen LogP contribution in [0.1, 0.15) is 46.5 Å².